The van der Waals surface area contributed by atoms with Gasteiger partial charge >= 0.3 is 0 Å². The summed E-state index contributed by atoms with van der Waals surface area (Å²) in [5.74, 6) is 0.0993. The third-order valence-electron chi connectivity index (χ3n) is 4.39. The summed E-state index contributed by atoms with van der Waals surface area (Å²) in [5, 5.41) is 4.57. The summed E-state index contributed by atoms with van der Waals surface area (Å²) < 4.78 is 31.7. The molecule has 3 aromatic rings. The minimum absolute atomic E-state index is 0.368. The number of carbonyl (C=O) groups is 1. The summed E-state index contributed by atoms with van der Waals surface area (Å²) in [6, 6.07) is 21.3. The molecule has 0 bridgehead atoms. The number of nitrogens with one attached hydrogen (secondary N) is 1. The Balaban J connectivity index is 1.55. The van der Waals surface area contributed by atoms with E-state index < -0.39 is 22.5 Å². The van der Waals surface area contributed by atoms with Gasteiger partial charge in [-0.25, -0.2) is 13.8 Å². The average molecular weight is 551 g/mol. The number of para-hydroxylation sites is 1. The Bertz CT molecular complexity index is 1250. The second-order valence-corrected chi connectivity index (χ2v) is 10.2. The lowest BCUT2D eigenvalue weighted by atomic mass is 10.2. The van der Waals surface area contributed by atoms with E-state index in [0.717, 1.165) is 21.7 Å². The largest absolute Gasteiger partial charge is 0.489 e. The Morgan fingerprint density at radius 3 is 2.52 bits per heavy atom. The van der Waals surface area contributed by atoms with Gasteiger partial charge in [0.15, 0.2) is 0 Å². The van der Waals surface area contributed by atoms with Gasteiger partial charge in [-0.05, 0) is 75.6 Å². The van der Waals surface area contributed by atoms with Gasteiger partial charge in [0.2, 0.25) is 10.0 Å². The zero-order valence-electron chi connectivity index (χ0n) is 17.6. The summed E-state index contributed by atoms with van der Waals surface area (Å²) in [6.45, 7) is -0.0204. The van der Waals surface area contributed by atoms with Crippen molar-refractivity contribution in [2.24, 2.45) is 5.10 Å². The third kappa shape index (κ3) is 7.59. The topological polar surface area (TPSA) is 88.1 Å². The molecule has 10 heteroatoms. The van der Waals surface area contributed by atoms with Crippen molar-refractivity contribution in [3.05, 3.63) is 93.4 Å². The van der Waals surface area contributed by atoms with E-state index >= 15 is 0 Å². The molecule has 0 radical (unpaired) electrons. The van der Waals surface area contributed by atoms with E-state index in [1.165, 1.54) is 6.21 Å². The molecule has 0 heterocycles. The molecule has 1 amide bonds. The number of hydrogen-bond donors (Lipinski definition) is 1. The molecule has 3 aromatic carbocycles. The van der Waals surface area contributed by atoms with E-state index in [2.05, 4.69) is 26.5 Å². The van der Waals surface area contributed by atoms with Crippen LogP contribution in [-0.2, 0) is 21.4 Å². The minimum atomic E-state index is -3.68. The van der Waals surface area contributed by atoms with Crippen molar-refractivity contribution in [2.45, 2.75) is 6.61 Å². The van der Waals surface area contributed by atoms with Crippen LogP contribution in [-0.4, -0.2) is 33.3 Å². The van der Waals surface area contributed by atoms with Crippen molar-refractivity contribution in [1.82, 2.24) is 5.43 Å². The molecule has 0 fully saturated rings. The number of nitrogens with zero attached hydrogens (tertiary/aromatic N) is 2. The van der Waals surface area contributed by atoms with Crippen LogP contribution >= 0.6 is 27.5 Å². The van der Waals surface area contributed by atoms with Gasteiger partial charge in [0.05, 0.1) is 18.2 Å². The molecule has 0 aliphatic rings. The predicted octanol–water partition coefficient (Wildman–Crippen LogP) is 4.60. The lowest BCUT2D eigenvalue weighted by molar-refractivity contribution is -0.119. The molecule has 0 saturated carbocycles. The Hall–Kier alpha value is -2.88. The number of hydrogen-bond acceptors (Lipinski definition) is 5. The van der Waals surface area contributed by atoms with Crippen LogP contribution in [0.5, 0.6) is 5.75 Å². The SMILES string of the molecule is CS(=O)(=O)N(CC(=O)N/N=C\c1ccc(OCc2cccc(Cl)c2)cc1)c1ccccc1Br. The minimum Gasteiger partial charge on any atom is -0.489 e. The fourth-order valence-electron chi connectivity index (χ4n) is 2.82. The van der Waals surface area contributed by atoms with Crippen LogP contribution in [0.4, 0.5) is 5.69 Å². The lowest BCUT2D eigenvalue weighted by Gasteiger charge is -2.22. The van der Waals surface area contributed by atoms with Gasteiger partial charge in [-0.2, -0.15) is 5.10 Å². The van der Waals surface area contributed by atoms with Crippen LogP contribution in [0.1, 0.15) is 11.1 Å². The van der Waals surface area contributed by atoms with E-state index in [1.54, 1.807) is 54.6 Å². The van der Waals surface area contributed by atoms with Crippen molar-refractivity contribution in [2.75, 3.05) is 17.1 Å². The molecule has 0 aliphatic heterocycles. The van der Waals surface area contributed by atoms with Gasteiger partial charge in [-0.1, -0.05) is 35.9 Å². The molecule has 0 aromatic heterocycles. The zero-order valence-corrected chi connectivity index (χ0v) is 20.8. The summed E-state index contributed by atoms with van der Waals surface area (Å²) in [4.78, 5) is 12.3. The molecule has 1 N–H and O–H groups in total. The van der Waals surface area contributed by atoms with E-state index in [9.17, 15) is 13.2 Å². The van der Waals surface area contributed by atoms with Crippen molar-refractivity contribution < 1.29 is 17.9 Å². The molecule has 3 rings (SSSR count). The number of carbonyl (C=O) groups excluding carboxylic acids is 1. The van der Waals surface area contributed by atoms with Crippen LogP contribution in [0.2, 0.25) is 5.02 Å². The van der Waals surface area contributed by atoms with Crippen LogP contribution in [0.3, 0.4) is 0 Å². The molecule has 172 valence electrons. The highest BCUT2D eigenvalue weighted by Gasteiger charge is 2.22. The number of ether oxygens (including phenoxy) is 1. The van der Waals surface area contributed by atoms with Crippen LogP contribution < -0.4 is 14.5 Å². The fourth-order valence-corrected chi connectivity index (χ4v) is 4.52. The number of hydrazone groups is 1. The second kappa shape index (κ2) is 11.3. The van der Waals surface area contributed by atoms with Gasteiger partial charge in [0, 0.05) is 9.50 Å². The summed E-state index contributed by atoms with van der Waals surface area (Å²) in [6.07, 6.45) is 2.50. The highest BCUT2D eigenvalue weighted by Crippen LogP contribution is 2.27. The molecule has 7 nitrogen and oxygen atoms in total. The fraction of sp³-hybridized carbons (Fsp3) is 0.130. The molecular formula is C23H21BrClN3O4S. The van der Waals surface area contributed by atoms with E-state index in [1.807, 2.05) is 18.2 Å². The standard InChI is InChI=1S/C23H21BrClN3O4S/c1-33(30,31)28(22-8-3-2-7-21(22)24)15-23(29)27-26-14-17-9-11-20(12-10-17)32-16-18-5-4-6-19(25)13-18/h2-14H,15-16H2,1H3,(H,27,29)/b26-14-. The van der Waals surface area contributed by atoms with E-state index in [4.69, 9.17) is 16.3 Å². The first kappa shape index (κ1) is 24.8. The maximum absolute atomic E-state index is 12.3. The van der Waals surface area contributed by atoms with Gasteiger partial charge < -0.3 is 4.74 Å². The predicted molar refractivity (Wildman–Crippen MR) is 134 cm³/mol. The maximum atomic E-state index is 12.3. The highest BCUT2D eigenvalue weighted by atomic mass is 79.9. The second-order valence-electron chi connectivity index (χ2n) is 7.00. The molecule has 33 heavy (non-hydrogen) atoms. The summed E-state index contributed by atoms with van der Waals surface area (Å²) >= 11 is 9.28. The number of sulfonamides is 1. The summed E-state index contributed by atoms with van der Waals surface area (Å²) in [5.41, 5.74) is 4.42. The smallest absolute Gasteiger partial charge is 0.260 e. The van der Waals surface area contributed by atoms with Gasteiger partial charge in [0.25, 0.3) is 5.91 Å². The highest BCUT2D eigenvalue weighted by molar-refractivity contribution is 9.10. The lowest BCUT2D eigenvalue weighted by Crippen LogP contribution is -2.39. The zero-order chi connectivity index (χ0) is 23.8. The van der Waals surface area contributed by atoms with Gasteiger partial charge in [-0.15, -0.1) is 0 Å². The van der Waals surface area contributed by atoms with Crippen molar-refractivity contribution in [3.8, 4) is 5.75 Å². The normalized spacial score (nSPS) is 11.4. The van der Waals surface area contributed by atoms with E-state index in [-0.39, 0.29) is 0 Å². The number of amides is 1. The monoisotopic (exact) mass is 549 g/mol. The first-order valence-corrected chi connectivity index (χ1v) is 12.8. The Kier molecular flexibility index (Phi) is 8.49. The molecule has 0 atom stereocenters. The molecule has 0 unspecified atom stereocenters. The Morgan fingerprint density at radius 1 is 1.12 bits per heavy atom. The Labute approximate surface area is 206 Å². The van der Waals surface area contributed by atoms with Crippen molar-refractivity contribution >= 4 is 55.4 Å². The Morgan fingerprint density at radius 2 is 1.85 bits per heavy atom. The maximum Gasteiger partial charge on any atom is 0.260 e. The van der Waals surface area contributed by atoms with Crippen molar-refractivity contribution in [1.29, 1.82) is 0 Å². The van der Waals surface area contributed by atoms with E-state index in [0.29, 0.717) is 27.5 Å². The third-order valence-corrected chi connectivity index (χ3v) is 6.42. The van der Waals surface area contributed by atoms with Crippen LogP contribution in [0.25, 0.3) is 0 Å². The summed E-state index contributed by atoms with van der Waals surface area (Å²) in [7, 11) is -3.68. The average Bonchev–Trinajstić information content (AvgIpc) is 2.77. The molecule has 0 spiro atoms. The first-order chi connectivity index (χ1) is 15.7. The number of rotatable bonds is 9. The van der Waals surface area contributed by atoms with Gasteiger partial charge in [0.1, 0.15) is 18.9 Å². The van der Waals surface area contributed by atoms with Crippen LogP contribution in [0.15, 0.2) is 82.4 Å². The number of halogens is 2. The molecule has 0 aliphatic carbocycles. The van der Waals surface area contributed by atoms with Gasteiger partial charge in [-0.3, -0.25) is 9.10 Å². The number of benzene rings is 3. The van der Waals surface area contributed by atoms with Crippen LogP contribution in [0, 0.1) is 0 Å². The molecule has 0 saturated heterocycles. The van der Waals surface area contributed by atoms with Crippen molar-refractivity contribution in [3.63, 3.8) is 0 Å². The number of anilines is 1. The quantitative estimate of drug-likeness (QED) is 0.312. The molecular weight excluding hydrogens is 530 g/mol. The first-order valence-electron chi connectivity index (χ1n) is 9.74.